The predicted molar refractivity (Wildman–Crippen MR) is 112 cm³/mol. The van der Waals surface area contributed by atoms with Crippen LogP contribution in [0.1, 0.15) is 16.1 Å². The summed E-state index contributed by atoms with van der Waals surface area (Å²) in [5.74, 6) is 0.646. The van der Waals surface area contributed by atoms with Crippen molar-refractivity contribution in [1.82, 2.24) is 4.98 Å². The lowest BCUT2D eigenvalue weighted by Crippen LogP contribution is -2.07. The molecule has 3 aromatic rings. The van der Waals surface area contributed by atoms with Crippen LogP contribution < -0.4 is 9.64 Å². The zero-order valence-corrected chi connectivity index (χ0v) is 15.7. The number of ketones is 1. The molecule has 0 fully saturated rings. The molecule has 4 heteroatoms. The molecule has 0 unspecified atom stereocenters. The van der Waals surface area contributed by atoms with Gasteiger partial charge in [-0.1, -0.05) is 36.4 Å². The molecule has 0 aliphatic carbocycles. The first-order valence-electron chi connectivity index (χ1n) is 8.68. The Hall–Kier alpha value is -3.40. The molecule has 0 saturated carbocycles. The lowest BCUT2D eigenvalue weighted by molar-refractivity contribution is 0.104. The third-order valence-electron chi connectivity index (χ3n) is 4.21. The molecular formula is C23H22N2O2. The monoisotopic (exact) mass is 358 g/mol. The summed E-state index contributed by atoms with van der Waals surface area (Å²) in [6.07, 6.45) is 7.09. The number of methoxy groups -OCH3 is 1. The van der Waals surface area contributed by atoms with Crippen LogP contribution in [-0.4, -0.2) is 32.0 Å². The van der Waals surface area contributed by atoms with E-state index in [0.29, 0.717) is 5.69 Å². The highest BCUT2D eigenvalue weighted by Gasteiger charge is 2.05. The Morgan fingerprint density at radius 2 is 1.78 bits per heavy atom. The quantitative estimate of drug-likeness (QED) is 0.362. The molecule has 3 rings (SSSR count). The van der Waals surface area contributed by atoms with Crippen LogP contribution in [0.3, 0.4) is 0 Å². The molecule has 0 bridgehead atoms. The van der Waals surface area contributed by atoms with Crippen molar-refractivity contribution in [2.24, 2.45) is 0 Å². The van der Waals surface area contributed by atoms with Crippen molar-refractivity contribution in [1.29, 1.82) is 0 Å². The minimum atomic E-state index is -0.125. The van der Waals surface area contributed by atoms with Crippen LogP contribution in [0, 0.1) is 0 Å². The van der Waals surface area contributed by atoms with Crippen molar-refractivity contribution in [3.05, 3.63) is 84.1 Å². The fraction of sp³-hybridized carbons (Fsp3) is 0.130. The third-order valence-corrected chi connectivity index (χ3v) is 4.21. The van der Waals surface area contributed by atoms with Crippen LogP contribution in [0.5, 0.6) is 5.75 Å². The lowest BCUT2D eigenvalue weighted by atomic mass is 10.1. The molecule has 0 atom stereocenters. The molecule has 2 aromatic carbocycles. The highest BCUT2D eigenvalue weighted by atomic mass is 16.5. The summed E-state index contributed by atoms with van der Waals surface area (Å²) in [4.78, 5) is 18.8. The molecule has 0 spiro atoms. The first-order valence-corrected chi connectivity index (χ1v) is 8.68. The van der Waals surface area contributed by atoms with E-state index in [0.717, 1.165) is 27.9 Å². The molecule has 0 aliphatic heterocycles. The Kier molecular flexibility index (Phi) is 5.67. The highest BCUT2D eigenvalue weighted by Crippen LogP contribution is 2.20. The number of anilines is 1. The summed E-state index contributed by atoms with van der Waals surface area (Å²) in [5.41, 5.74) is 3.42. The van der Waals surface area contributed by atoms with E-state index in [2.05, 4.69) is 22.0 Å². The summed E-state index contributed by atoms with van der Waals surface area (Å²) in [6, 6.07) is 17.4. The number of fused-ring (bicyclic) bond motifs is 1. The molecule has 0 saturated heterocycles. The maximum absolute atomic E-state index is 12.3. The Morgan fingerprint density at radius 3 is 2.48 bits per heavy atom. The van der Waals surface area contributed by atoms with Crippen LogP contribution in [0.4, 0.5) is 5.69 Å². The van der Waals surface area contributed by atoms with Crippen molar-refractivity contribution in [2.45, 2.75) is 0 Å². The van der Waals surface area contributed by atoms with Gasteiger partial charge in [0.15, 0.2) is 0 Å². The normalized spacial score (nSPS) is 11.4. The van der Waals surface area contributed by atoms with E-state index >= 15 is 0 Å². The summed E-state index contributed by atoms with van der Waals surface area (Å²) >= 11 is 0. The van der Waals surface area contributed by atoms with E-state index in [4.69, 9.17) is 4.74 Å². The van der Waals surface area contributed by atoms with Gasteiger partial charge in [0.1, 0.15) is 11.4 Å². The average molecular weight is 358 g/mol. The van der Waals surface area contributed by atoms with Gasteiger partial charge in [0.05, 0.1) is 12.6 Å². The second-order valence-electron chi connectivity index (χ2n) is 6.32. The molecule has 1 aromatic heterocycles. The Labute approximate surface area is 159 Å². The number of benzene rings is 2. The van der Waals surface area contributed by atoms with Crippen molar-refractivity contribution < 1.29 is 9.53 Å². The van der Waals surface area contributed by atoms with Gasteiger partial charge in [-0.05, 0) is 48.0 Å². The Bertz CT molecular complexity index is 1000. The number of rotatable bonds is 6. The topological polar surface area (TPSA) is 42.4 Å². The number of carbonyl (C=O) groups excluding carboxylic acids is 1. The van der Waals surface area contributed by atoms with Gasteiger partial charge in [0.2, 0.25) is 5.78 Å². The maximum Gasteiger partial charge on any atom is 0.204 e. The van der Waals surface area contributed by atoms with Gasteiger partial charge in [0, 0.05) is 25.2 Å². The Morgan fingerprint density at radius 1 is 1.00 bits per heavy atom. The SMILES string of the molecule is COc1ccc2nc(C(=O)C=CC=Cc3ccc(N(C)C)cc3)ccc2c1. The molecule has 0 N–H and O–H groups in total. The van der Waals surface area contributed by atoms with Gasteiger partial charge < -0.3 is 9.64 Å². The first-order chi connectivity index (χ1) is 13.1. The molecule has 0 amide bonds. The summed E-state index contributed by atoms with van der Waals surface area (Å²) in [7, 11) is 5.65. The number of carbonyl (C=O) groups is 1. The van der Waals surface area contributed by atoms with E-state index in [1.165, 1.54) is 6.08 Å². The van der Waals surface area contributed by atoms with Crippen molar-refractivity contribution in [2.75, 3.05) is 26.1 Å². The number of aromatic nitrogens is 1. The minimum Gasteiger partial charge on any atom is -0.497 e. The Balaban J connectivity index is 1.68. The summed E-state index contributed by atoms with van der Waals surface area (Å²) < 4.78 is 5.20. The highest BCUT2D eigenvalue weighted by molar-refractivity contribution is 6.04. The van der Waals surface area contributed by atoms with Gasteiger partial charge in [-0.25, -0.2) is 4.98 Å². The van der Waals surface area contributed by atoms with E-state index in [1.54, 1.807) is 19.3 Å². The van der Waals surface area contributed by atoms with Gasteiger partial charge >= 0.3 is 0 Å². The first kappa shape index (κ1) is 18.4. The average Bonchev–Trinajstić information content (AvgIpc) is 2.70. The molecule has 136 valence electrons. The second kappa shape index (κ2) is 8.32. The molecular weight excluding hydrogens is 336 g/mol. The summed E-state index contributed by atoms with van der Waals surface area (Å²) in [5, 5.41) is 0.941. The third kappa shape index (κ3) is 4.61. The smallest absolute Gasteiger partial charge is 0.204 e. The number of allylic oxidation sites excluding steroid dienone is 3. The molecule has 27 heavy (non-hydrogen) atoms. The largest absolute Gasteiger partial charge is 0.497 e. The maximum atomic E-state index is 12.3. The summed E-state index contributed by atoms with van der Waals surface area (Å²) in [6.45, 7) is 0. The second-order valence-corrected chi connectivity index (χ2v) is 6.32. The van der Waals surface area contributed by atoms with Crippen molar-refractivity contribution in [3.8, 4) is 5.75 Å². The van der Waals surface area contributed by atoms with Crippen LogP contribution in [-0.2, 0) is 0 Å². The van der Waals surface area contributed by atoms with Crippen LogP contribution in [0.25, 0.3) is 17.0 Å². The molecule has 1 heterocycles. The van der Waals surface area contributed by atoms with Crippen molar-refractivity contribution in [3.63, 3.8) is 0 Å². The zero-order chi connectivity index (χ0) is 19.2. The fourth-order valence-electron chi connectivity index (χ4n) is 2.65. The van der Waals surface area contributed by atoms with Crippen LogP contribution >= 0.6 is 0 Å². The minimum absolute atomic E-state index is 0.125. The number of hydrogen-bond donors (Lipinski definition) is 0. The van der Waals surface area contributed by atoms with E-state index in [9.17, 15) is 4.79 Å². The number of ether oxygens (including phenoxy) is 1. The van der Waals surface area contributed by atoms with Crippen molar-refractivity contribution >= 4 is 28.4 Å². The van der Waals surface area contributed by atoms with Gasteiger partial charge in [-0.3, -0.25) is 4.79 Å². The molecule has 4 nitrogen and oxygen atoms in total. The molecule has 0 aliphatic rings. The number of pyridine rings is 1. The standard InChI is InChI=1S/C23H22N2O2/c1-25(2)19-11-8-17(9-12-19)6-4-5-7-23(26)22-14-10-18-16-20(27-3)13-15-21(18)24-22/h4-16H,1-3H3. The van der Waals surface area contributed by atoms with Crippen LogP contribution in [0.2, 0.25) is 0 Å². The van der Waals surface area contributed by atoms with Gasteiger partial charge in [-0.2, -0.15) is 0 Å². The lowest BCUT2D eigenvalue weighted by Gasteiger charge is -2.11. The van der Waals surface area contributed by atoms with E-state index < -0.39 is 0 Å². The zero-order valence-electron chi connectivity index (χ0n) is 15.7. The number of hydrogen-bond acceptors (Lipinski definition) is 4. The van der Waals surface area contributed by atoms with E-state index in [-0.39, 0.29) is 5.78 Å². The number of nitrogens with zero attached hydrogens (tertiary/aromatic N) is 2. The van der Waals surface area contributed by atoms with Crippen LogP contribution in [0.15, 0.2) is 72.8 Å². The predicted octanol–water partition coefficient (Wildman–Crippen LogP) is 4.76. The van der Waals surface area contributed by atoms with Gasteiger partial charge in [-0.15, -0.1) is 0 Å². The fourth-order valence-corrected chi connectivity index (χ4v) is 2.65. The molecule has 0 radical (unpaired) electrons. The van der Waals surface area contributed by atoms with Gasteiger partial charge in [0.25, 0.3) is 0 Å². The van der Waals surface area contributed by atoms with E-state index in [1.807, 2.05) is 62.6 Å².